The fraction of sp³-hybridized carbons (Fsp3) is 0.800. The molecule has 0 spiro atoms. The number of unbranched alkanes of at least 4 members (excludes halogenated alkanes) is 22. The number of hydrogen-bond acceptors (Lipinski definition) is 6. The zero-order valence-corrected chi connectivity index (χ0v) is 35.2. The molecule has 0 rings (SSSR count). The van der Waals surface area contributed by atoms with Crippen LogP contribution in [0.1, 0.15) is 195 Å². The number of Topliss-reactive ketones (excluding diaryl/α,β-unsaturated/α-hetero) is 2. The normalized spacial score (nSPS) is 13.6. The van der Waals surface area contributed by atoms with E-state index in [1.54, 1.807) is 0 Å². The molecule has 3 N–H and O–H groups in total. The summed E-state index contributed by atoms with van der Waals surface area (Å²) in [5.41, 5.74) is 0. The van der Waals surface area contributed by atoms with Crippen molar-refractivity contribution in [1.29, 1.82) is 0 Å². The first kappa shape index (κ1) is 51.8. The minimum Gasteiger partial charge on any atom is -1.00 e. The Labute approximate surface area is 333 Å². The molecule has 11 heteroatoms. The van der Waals surface area contributed by atoms with Crippen LogP contribution in [0.5, 0.6) is 0 Å². The van der Waals surface area contributed by atoms with Crippen LogP contribution in [0.15, 0.2) is 24.3 Å². The van der Waals surface area contributed by atoms with Crippen LogP contribution in [-0.4, -0.2) is 51.4 Å². The zero-order valence-electron chi connectivity index (χ0n) is 33.4. The molecular weight excluding hydrogens is 679 g/mol. The number of rotatable bonds is 36. The van der Waals surface area contributed by atoms with E-state index in [2.05, 4.69) is 38.2 Å². The first-order valence-corrected chi connectivity index (χ1v) is 21.2. The quantitative estimate of drug-likeness (QED) is 0.0191. The van der Waals surface area contributed by atoms with E-state index in [4.69, 9.17) is 0 Å². The van der Waals surface area contributed by atoms with Crippen LogP contribution in [0.4, 0.5) is 0 Å². The van der Waals surface area contributed by atoms with Gasteiger partial charge in [0, 0.05) is 12.8 Å². The summed E-state index contributed by atoms with van der Waals surface area (Å²) in [5.74, 6) is -9.80. The minimum absolute atomic E-state index is 0. The van der Waals surface area contributed by atoms with E-state index >= 15 is 0 Å². The molecule has 0 radical (unpaired) electrons. The number of hydrogen-bond donors (Lipinski definition) is 3. The molecule has 0 amide bonds. The molecule has 0 aromatic rings. The predicted octanol–water partition coefficient (Wildman–Crippen LogP) is 7.73. The van der Waals surface area contributed by atoms with E-state index < -0.39 is 57.1 Å². The van der Waals surface area contributed by atoms with Crippen molar-refractivity contribution in [2.24, 2.45) is 5.92 Å². The molecule has 0 aliphatic rings. The van der Waals surface area contributed by atoms with E-state index in [9.17, 15) is 42.4 Å². The van der Waals surface area contributed by atoms with Crippen molar-refractivity contribution in [3.63, 3.8) is 0 Å². The van der Waals surface area contributed by atoms with Crippen molar-refractivity contribution in [3.8, 4) is 0 Å². The van der Waals surface area contributed by atoms with Gasteiger partial charge in [-0.05, 0) is 64.2 Å². The maximum atomic E-state index is 13.2. The number of ketones is 2. The van der Waals surface area contributed by atoms with Crippen LogP contribution in [0.25, 0.3) is 0 Å². The third-order valence-corrected chi connectivity index (χ3v) is 10.9. The summed E-state index contributed by atoms with van der Waals surface area (Å²) in [6, 6.07) is 0. The molecule has 0 heterocycles. The average Bonchev–Trinajstić information content (AvgIpc) is 3.05. The molecule has 0 saturated heterocycles. The van der Waals surface area contributed by atoms with E-state index in [0.717, 1.165) is 64.2 Å². The monoisotopic (exact) mass is 750 g/mol. The maximum Gasteiger partial charge on any atom is 1.00 e. The van der Waals surface area contributed by atoms with Crippen molar-refractivity contribution in [1.82, 2.24) is 0 Å². The number of allylic oxidation sites excluding steroid dienone is 4. The number of aliphatic carboxylic acids is 2. The van der Waals surface area contributed by atoms with Crippen LogP contribution >= 0.6 is 0 Å². The van der Waals surface area contributed by atoms with E-state index in [1.807, 2.05) is 0 Å². The van der Waals surface area contributed by atoms with Crippen LogP contribution in [0, 0.1) is 5.92 Å². The number of carbonyl (C=O) groups is 4. The van der Waals surface area contributed by atoms with Gasteiger partial charge in [-0.2, -0.15) is 8.42 Å². The first-order chi connectivity index (χ1) is 24.0. The Morgan fingerprint density at radius 3 is 1.18 bits per heavy atom. The summed E-state index contributed by atoms with van der Waals surface area (Å²) in [4.78, 5) is 50.8. The second-order valence-electron chi connectivity index (χ2n) is 13.8. The molecule has 51 heavy (non-hydrogen) atoms. The second-order valence-corrected chi connectivity index (χ2v) is 15.4. The molecule has 0 fully saturated rings. The number of carboxylic acids is 2. The van der Waals surface area contributed by atoms with Gasteiger partial charge in [0.25, 0.3) is 14.9 Å². The summed E-state index contributed by atoms with van der Waals surface area (Å²) < 4.78 is 31.2. The van der Waals surface area contributed by atoms with Gasteiger partial charge in [-0.25, -0.2) is 4.79 Å². The van der Waals surface area contributed by atoms with Crippen molar-refractivity contribution in [2.75, 3.05) is 0 Å². The topological polar surface area (TPSA) is 163 Å². The van der Waals surface area contributed by atoms with Crippen LogP contribution in [-0.2, 0) is 29.3 Å². The van der Waals surface area contributed by atoms with E-state index in [0.29, 0.717) is 12.8 Å². The van der Waals surface area contributed by atoms with E-state index in [1.165, 1.54) is 77.0 Å². The largest absolute Gasteiger partial charge is 1.00 e. The van der Waals surface area contributed by atoms with Gasteiger partial charge in [-0.15, -0.1) is 0 Å². The van der Waals surface area contributed by atoms with Crippen molar-refractivity contribution < 1.29 is 73.3 Å². The van der Waals surface area contributed by atoms with Gasteiger partial charge in [0.15, 0.2) is 11.7 Å². The standard InChI is InChI=1S/C40H70O9S.Na.H/c1-3-5-7-9-11-13-15-17-19-21-23-25-27-29-31-33-35(41)37(38(43)44)40(39(45)46,50(47,48)49)36(42)34-32-30-28-26-24-22-20-18-16-14-12-10-8-6-4-2;;/h17-20,37H,3-16,21-34H2,1-2H3,(H,43,44)(H,45,46)(H,47,48,49);;/q;+1;-1. The molecule has 9 nitrogen and oxygen atoms in total. The third-order valence-electron chi connectivity index (χ3n) is 9.46. The fourth-order valence-corrected chi connectivity index (χ4v) is 7.54. The molecule has 0 saturated carbocycles. The SMILES string of the molecule is CCCCCCCCC=CCCCCCCCC(=O)C(C(=O)O)C(C(=O)O)(C(=O)CCCCCCCC=CCCCCCCCC)S(=O)(=O)O.[H-].[Na+]. The van der Waals surface area contributed by atoms with Crippen molar-refractivity contribution >= 4 is 33.6 Å². The predicted molar refractivity (Wildman–Crippen MR) is 203 cm³/mol. The van der Waals surface area contributed by atoms with Gasteiger partial charge < -0.3 is 11.6 Å². The summed E-state index contributed by atoms with van der Waals surface area (Å²) in [5, 5.41) is 19.8. The van der Waals surface area contributed by atoms with Crippen LogP contribution in [0.3, 0.4) is 0 Å². The molecule has 292 valence electrons. The molecule has 0 aliphatic carbocycles. The summed E-state index contributed by atoms with van der Waals surface area (Å²) in [7, 11) is -5.81. The first-order valence-electron chi connectivity index (χ1n) is 19.8. The van der Waals surface area contributed by atoms with Gasteiger partial charge in [0.2, 0.25) is 0 Å². The number of carboxylic acid groups (broad SMARTS) is 2. The molecular formula is C40H71NaO9S. The van der Waals surface area contributed by atoms with Crippen LogP contribution in [0.2, 0.25) is 0 Å². The summed E-state index contributed by atoms with van der Waals surface area (Å²) in [6.45, 7) is 4.42. The van der Waals surface area contributed by atoms with Gasteiger partial charge in [0.1, 0.15) is 5.78 Å². The Bertz CT molecular complexity index is 1110. The summed E-state index contributed by atoms with van der Waals surface area (Å²) in [6.07, 6.45) is 33.6. The molecule has 0 bridgehead atoms. The van der Waals surface area contributed by atoms with Gasteiger partial charge in [-0.1, -0.05) is 141 Å². The van der Waals surface area contributed by atoms with Gasteiger partial charge in [-0.3, -0.25) is 18.9 Å². The molecule has 0 aromatic heterocycles. The number of carbonyl (C=O) groups excluding carboxylic acids is 2. The Hall–Kier alpha value is -1.33. The van der Waals surface area contributed by atoms with Crippen molar-refractivity contribution in [3.05, 3.63) is 24.3 Å². The maximum absolute atomic E-state index is 13.2. The molecule has 2 unspecified atom stereocenters. The Kier molecular flexibility index (Phi) is 33.8. The molecule has 0 aromatic carbocycles. The van der Waals surface area contributed by atoms with E-state index in [-0.39, 0.29) is 43.8 Å². The van der Waals surface area contributed by atoms with Crippen molar-refractivity contribution in [2.45, 2.75) is 198 Å². The third kappa shape index (κ3) is 23.1. The fourth-order valence-electron chi connectivity index (χ4n) is 6.40. The molecule has 2 atom stereocenters. The average molecular weight is 751 g/mol. The Morgan fingerprint density at radius 2 is 0.863 bits per heavy atom. The minimum atomic E-state index is -5.81. The Balaban J connectivity index is -0.0000120. The van der Waals surface area contributed by atoms with Crippen LogP contribution < -0.4 is 29.6 Å². The smallest absolute Gasteiger partial charge is 1.00 e. The van der Waals surface area contributed by atoms with Gasteiger partial charge >= 0.3 is 41.5 Å². The Morgan fingerprint density at radius 1 is 0.549 bits per heavy atom. The molecule has 0 aliphatic heterocycles. The second kappa shape index (κ2) is 33.3. The summed E-state index contributed by atoms with van der Waals surface area (Å²) >= 11 is 0. The zero-order chi connectivity index (χ0) is 37.5. The van der Waals surface area contributed by atoms with Gasteiger partial charge in [0.05, 0.1) is 0 Å².